The first-order valence-electron chi connectivity index (χ1n) is 10.8. The van der Waals surface area contributed by atoms with E-state index in [2.05, 4.69) is 46.1 Å². The van der Waals surface area contributed by atoms with Crippen molar-refractivity contribution in [1.29, 1.82) is 0 Å². The van der Waals surface area contributed by atoms with Gasteiger partial charge < -0.3 is 14.8 Å². The fraction of sp³-hybridized carbons (Fsp3) is 0.565. The second kappa shape index (κ2) is 8.80. The monoisotopic (exact) mass is 380 g/mol. The molecule has 0 spiro atoms. The van der Waals surface area contributed by atoms with Gasteiger partial charge in [-0.2, -0.15) is 0 Å². The van der Waals surface area contributed by atoms with E-state index in [-0.39, 0.29) is 6.03 Å². The molecule has 5 nitrogen and oxygen atoms in total. The molecule has 1 saturated heterocycles. The number of aromatic nitrogens is 2. The molecule has 1 aromatic heterocycles. The van der Waals surface area contributed by atoms with Crippen LogP contribution in [-0.2, 0) is 6.54 Å². The Hall–Kier alpha value is -2.30. The number of rotatable bonds is 4. The van der Waals surface area contributed by atoms with Gasteiger partial charge in [0.15, 0.2) is 0 Å². The second-order valence-electron chi connectivity index (χ2n) is 8.44. The van der Waals surface area contributed by atoms with Crippen molar-refractivity contribution in [2.45, 2.75) is 64.5 Å². The number of benzene rings is 1. The summed E-state index contributed by atoms with van der Waals surface area (Å²) in [6, 6.07) is 10.9. The van der Waals surface area contributed by atoms with E-state index in [1.165, 1.54) is 31.4 Å². The normalized spacial score (nSPS) is 20.9. The van der Waals surface area contributed by atoms with Crippen molar-refractivity contribution >= 4 is 6.03 Å². The van der Waals surface area contributed by atoms with Crippen molar-refractivity contribution < 1.29 is 4.79 Å². The number of piperidine rings is 1. The van der Waals surface area contributed by atoms with E-state index in [4.69, 9.17) is 0 Å². The third-order valence-electron chi connectivity index (χ3n) is 6.27. The highest BCUT2D eigenvalue weighted by molar-refractivity contribution is 5.74. The maximum atomic E-state index is 12.8. The third-order valence-corrected chi connectivity index (χ3v) is 6.27. The van der Waals surface area contributed by atoms with Crippen molar-refractivity contribution in [3.63, 3.8) is 0 Å². The number of hydrogen-bond acceptors (Lipinski definition) is 2. The lowest BCUT2D eigenvalue weighted by atomic mass is 9.95. The Labute approximate surface area is 168 Å². The number of nitrogens with one attached hydrogen (secondary N) is 1. The van der Waals surface area contributed by atoms with Gasteiger partial charge in [0.1, 0.15) is 5.82 Å². The molecular weight excluding hydrogens is 348 g/mol. The molecule has 28 heavy (non-hydrogen) atoms. The van der Waals surface area contributed by atoms with Crippen LogP contribution in [0.15, 0.2) is 36.5 Å². The maximum Gasteiger partial charge on any atom is 0.317 e. The lowest BCUT2D eigenvalue weighted by Gasteiger charge is -2.35. The van der Waals surface area contributed by atoms with Crippen molar-refractivity contribution in [3.8, 4) is 11.4 Å². The Morgan fingerprint density at radius 1 is 1.11 bits per heavy atom. The molecule has 1 aliphatic heterocycles. The number of carbonyl (C=O) groups is 1. The minimum Gasteiger partial charge on any atom is -0.335 e. The lowest BCUT2D eigenvalue weighted by molar-refractivity contribution is 0.154. The summed E-state index contributed by atoms with van der Waals surface area (Å²) in [4.78, 5) is 19.5. The van der Waals surface area contributed by atoms with Gasteiger partial charge in [0.25, 0.3) is 0 Å². The van der Waals surface area contributed by atoms with Gasteiger partial charge in [-0.25, -0.2) is 9.78 Å². The van der Waals surface area contributed by atoms with Gasteiger partial charge in [-0.3, -0.25) is 0 Å². The predicted molar refractivity (Wildman–Crippen MR) is 112 cm³/mol. The molecule has 2 aliphatic rings. The van der Waals surface area contributed by atoms with Crippen molar-refractivity contribution in [1.82, 2.24) is 19.8 Å². The van der Waals surface area contributed by atoms with E-state index in [0.29, 0.717) is 12.0 Å². The number of aryl methyl sites for hydroxylation is 1. The molecule has 1 aliphatic carbocycles. The quantitative estimate of drug-likeness (QED) is 0.842. The molecule has 0 bridgehead atoms. The molecule has 2 amide bonds. The fourth-order valence-electron chi connectivity index (χ4n) is 4.68. The molecule has 1 unspecified atom stereocenters. The van der Waals surface area contributed by atoms with Crippen LogP contribution in [0, 0.1) is 12.8 Å². The highest BCUT2D eigenvalue weighted by atomic mass is 16.2. The first-order chi connectivity index (χ1) is 13.7. The number of urea groups is 1. The van der Waals surface area contributed by atoms with Crippen LogP contribution in [0.25, 0.3) is 11.4 Å². The summed E-state index contributed by atoms with van der Waals surface area (Å²) in [5, 5.41) is 3.28. The Balaban J connectivity index is 1.40. The van der Waals surface area contributed by atoms with Gasteiger partial charge in [-0.05, 0) is 38.5 Å². The molecule has 150 valence electrons. The van der Waals surface area contributed by atoms with Gasteiger partial charge in [0.2, 0.25) is 0 Å². The number of imidazole rings is 1. The zero-order chi connectivity index (χ0) is 19.3. The SMILES string of the molecule is Cc1cnc(-c2ccccc2)n1CC1CCCN(C(=O)NC2CCCCC2)C1. The summed E-state index contributed by atoms with van der Waals surface area (Å²) < 4.78 is 2.32. The highest BCUT2D eigenvalue weighted by Crippen LogP contribution is 2.25. The van der Waals surface area contributed by atoms with E-state index in [9.17, 15) is 4.79 Å². The minimum absolute atomic E-state index is 0.141. The van der Waals surface area contributed by atoms with Crippen LogP contribution in [0.5, 0.6) is 0 Å². The average Bonchev–Trinajstić information content (AvgIpc) is 3.10. The lowest BCUT2D eigenvalue weighted by Crippen LogP contribution is -2.49. The molecule has 0 radical (unpaired) electrons. The first-order valence-corrected chi connectivity index (χ1v) is 10.8. The van der Waals surface area contributed by atoms with Crippen LogP contribution in [0.4, 0.5) is 4.79 Å². The molecule has 1 N–H and O–H groups in total. The molecule has 2 aromatic rings. The molecular formula is C23H32N4O. The minimum atomic E-state index is 0.141. The zero-order valence-corrected chi connectivity index (χ0v) is 16.9. The molecule has 1 atom stereocenters. The molecule has 2 heterocycles. The number of nitrogens with zero attached hydrogens (tertiary/aromatic N) is 3. The Kier molecular flexibility index (Phi) is 5.98. The largest absolute Gasteiger partial charge is 0.335 e. The van der Waals surface area contributed by atoms with Crippen LogP contribution < -0.4 is 5.32 Å². The standard InChI is InChI=1S/C23H32N4O/c1-18-15-24-22(20-10-4-2-5-11-20)27(18)17-19-9-8-14-26(16-19)23(28)25-21-12-6-3-7-13-21/h2,4-5,10-11,15,19,21H,3,6-9,12-14,16-17H2,1H3,(H,25,28). The number of hydrogen-bond donors (Lipinski definition) is 1. The average molecular weight is 381 g/mol. The van der Waals surface area contributed by atoms with Crippen molar-refractivity contribution in [3.05, 3.63) is 42.2 Å². The summed E-state index contributed by atoms with van der Waals surface area (Å²) in [5.41, 5.74) is 2.33. The van der Waals surface area contributed by atoms with Gasteiger partial charge in [-0.15, -0.1) is 0 Å². The highest BCUT2D eigenvalue weighted by Gasteiger charge is 2.26. The Morgan fingerprint density at radius 3 is 2.68 bits per heavy atom. The number of carbonyl (C=O) groups excluding carboxylic acids is 1. The summed E-state index contributed by atoms with van der Waals surface area (Å²) >= 11 is 0. The molecule has 1 aromatic carbocycles. The smallest absolute Gasteiger partial charge is 0.317 e. The summed E-state index contributed by atoms with van der Waals surface area (Å²) in [5.74, 6) is 1.50. The van der Waals surface area contributed by atoms with Crippen LogP contribution in [-0.4, -0.2) is 39.6 Å². The third kappa shape index (κ3) is 4.40. The maximum absolute atomic E-state index is 12.8. The Morgan fingerprint density at radius 2 is 1.89 bits per heavy atom. The zero-order valence-electron chi connectivity index (χ0n) is 16.9. The van der Waals surface area contributed by atoms with Gasteiger partial charge in [0, 0.05) is 43.1 Å². The predicted octanol–water partition coefficient (Wildman–Crippen LogP) is 4.61. The number of amides is 2. The number of likely N-dealkylation sites (tertiary alicyclic amines) is 1. The molecule has 1 saturated carbocycles. The molecule has 5 heteroatoms. The van der Waals surface area contributed by atoms with Crippen molar-refractivity contribution in [2.75, 3.05) is 13.1 Å². The first kappa shape index (κ1) is 19.0. The van der Waals surface area contributed by atoms with E-state index >= 15 is 0 Å². The van der Waals surface area contributed by atoms with Crippen LogP contribution in [0.3, 0.4) is 0 Å². The topological polar surface area (TPSA) is 50.2 Å². The summed E-state index contributed by atoms with van der Waals surface area (Å²) in [6.45, 7) is 4.76. The van der Waals surface area contributed by atoms with Crippen LogP contribution >= 0.6 is 0 Å². The molecule has 2 fully saturated rings. The summed E-state index contributed by atoms with van der Waals surface area (Å²) in [7, 11) is 0. The van der Waals surface area contributed by atoms with E-state index in [0.717, 1.165) is 50.3 Å². The van der Waals surface area contributed by atoms with E-state index in [1.807, 2.05) is 17.2 Å². The second-order valence-corrected chi connectivity index (χ2v) is 8.44. The van der Waals surface area contributed by atoms with Crippen molar-refractivity contribution in [2.24, 2.45) is 5.92 Å². The van der Waals surface area contributed by atoms with Gasteiger partial charge in [0.05, 0.1) is 0 Å². The van der Waals surface area contributed by atoms with Gasteiger partial charge in [-0.1, -0.05) is 49.6 Å². The van der Waals surface area contributed by atoms with E-state index < -0.39 is 0 Å². The van der Waals surface area contributed by atoms with Crippen LogP contribution in [0.1, 0.15) is 50.6 Å². The fourth-order valence-corrected chi connectivity index (χ4v) is 4.68. The Bertz CT molecular complexity index is 779. The summed E-state index contributed by atoms with van der Waals surface area (Å²) in [6.07, 6.45) is 10.3. The molecule has 4 rings (SSSR count). The van der Waals surface area contributed by atoms with Gasteiger partial charge >= 0.3 is 6.03 Å². The van der Waals surface area contributed by atoms with Crippen LogP contribution in [0.2, 0.25) is 0 Å². The van der Waals surface area contributed by atoms with E-state index in [1.54, 1.807) is 0 Å².